The van der Waals surface area contributed by atoms with Crippen molar-refractivity contribution in [2.24, 2.45) is 0 Å². The van der Waals surface area contributed by atoms with E-state index in [4.69, 9.17) is 22.3 Å². The van der Waals surface area contributed by atoms with E-state index in [9.17, 15) is 8.42 Å². The minimum absolute atomic E-state index is 0.0937. The van der Waals surface area contributed by atoms with E-state index >= 15 is 0 Å². The number of aromatic nitrogens is 2. The third kappa shape index (κ3) is 4.99. The zero-order valence-corrected chi connectivity index (χ0v) is 10.00. The highest BCUT2D eigenvalue weighted by molar-refractivity contribution is 8.14. The standard InChI is InChI=1S/C6H6Cl2N2O2S2/c7-5-1-2-6(10-9-5)13-3-4-14(8,11)12/h1-2H,3-4H2. The number of thioether (sulfide) groups is 1. The van der Waals surface area contributed by atoms with E-state index in [1.54, 1.807) is 12.1 Å². The highest BCUT2D eigenvalue weighted by atomic mass is 35.7. The van der Waals surface area contributed by atoms with Crippen LogP contribution in [0.25, 0.3) is 0 Å². The molecule has 0 unspecified atom stereocenters. The molecule has 1 rings (SSSR count). The predicted octanol–water partition coefficient (Wildman–Crippen LogP) is 1.79. The summed E-state index contributed by atoms with van der Waals surface area (Å²) in [4.78, 5) is 0. The van der Waals surface area contributed by atoms with Gasteiger partial charge in [-0.25, -0.2) is 8.42 Å². The summed E-state index contributed by atoms with van der Waals surface area (Å²) in [6.07, 6.45) is 0. The van der Waals surface area contributed by atoms with E-state index < -0.39 is 9.05 Å². The molecule has 0 saturated heterocycles. The molecule has 0 bridgehead atoms. The highest BCUT2D eigenvalue weighted by Gasteiger charge is 2.05. The maximum Gasteiger partial charge on any atom is 0.233 e. The minimum atomic E-state index is -3.43. The molecule has 0 amide bonds. The largest absolute Gasteiger partial charge is 0.233 e. The molecule has 0 spiro atoms. The van der Waals surface area contributed by atoms with Gasteiger partial charge in [0.2, 0.25) is 9.05 Å². The van der Waals surface area contributed by atoms with Gasteiger partial charge in [0.05, 0.1) is 5.75 Å². The van der Waals surface area contributed by atoms with Crippen LogP contribution in [0, 0.1) is 0 Å². The van der Waals surface area contributed by atoms with Crippen LogP contribution in [0.3, 0.4) is 0 Å². The monoisotopic (exact) mass is 272 g/mol. The zero-order valence-electron chi connectivity index (χ0n) is 6.85. The molecule has 0 radical (unpaired) electrons. The van der Waals surface area contributed by atoms with Gasteiger partial charge in [0.25, 0.3) is 0 Å². The smallest absolute Gasteiger partial charge is 0.212 e. The van der Waals surface area contributed by atoms with E-state index in [2.05, 4.69) is 10.2 Å². The van der Waals surface area contributed by atoms with Crippen LogP contribution in [0.1, 0.15) is 0 Å². The quantitative estimate of drug-likeness (QED) is 0.618. The molecule has 0 aliphatic heterocycles. The SMILES string of the molecule is O=S(=O)(Cl)CCSc1ccc(Cl)nn1. The topological polar surface area (TPSA) is 59.9 Å². The molecule has 0 N–H and O–H groups in total. The van der Waals surface area contributed by atoms with E-state index in [1.807, 2.05) is 0 Å². The number of nitrogens with zero attached hydrogens (tertiary/aromatic N) is 2. The second kappa shape index (κ2) is 5.16. The lowest BCUT2D eigenvalue weighted by Gasteiger charge is -1.97. The zero-order chi connectivity index (χ0) is 10.6. The molecule has 8 heteroatoms. The first-order valence-electron chi connectivity index (χ1n) is 3.52. The Labute approximate surface area is 95.4 Å². The molecule has 78 valence electrons. The normalized spacial score (nSPS) is 11.6. The Morgan fingerprint density at radius 2 is 2.07 bits per heavy atom. The summed E-state index contributed by atoms with van der Waals surface area (Å²) in [5, 5.41) is 8.27. The van der Waals surface area contributed by atoms with Crippen molar-refractivity contribution in [3.8, 4) is 0 Å². The summed E-state index contributed by atoms with van der Waals surface area (Å²) in [6, 6.07) is 3.26. The van der Waals surface area contributed by atoms with Gasteiger partial charge in [0, 0.05) is 16.4 Å². The summed E-state index contributed by atoms with van der Waals surface area (Å²) in [5.41, 5.74) is 0. The molecule has 1 aromatic rings. The molecule has 0 saturated carbocycles. The molecular weight excluding hydrogens is 267 g/mol. The number of hydrogen-bond donors (Lipinski definition) is 0. The third-order valence-corrected chi connectivity index (χ3v) is 3.72. The van der Waals surface area contributed by atoms with Crippen LogP contribution in [0.15, 0.2) is 17.2 Å². The molecular formula is C6H6Cl2N2O2S2. The lowest BCUT2D eigenvalue weighted by atomic mass is 10.6. The fraction of sp³-hybridized carbons (Fsp3) is 0.333. The van der Waals surface area contributed by atoms with Gasteiger partial charge in [-0.3, -0.25) is 0 Å². The summed E-state index contributed by atoms with van der Waals surface area (Å²) in [5.74, 6) is 0.256. The number of rotatable bonds is 4. The van der Waals surface area contributed by atoms with Crippen molar-refractivity contribution in [3.63, 3.8) is 0 Å². The first kappa shape index (κ1) is 12.0. The first-order chi connectivity index (χ1) is 6.47. The van der Waals surface area contributed by atoms with Crippen molar-refractivity contribution in [2.45, 2.75) is 5.03 Å². The third-order valence-electron chi connectivity index (χ3n) is 1.18. The van der Waals surface area contributed by atoms with Crippen LogP contribution in [-0.4, -0.2) is 30.1 Å². The van der Waals surface area contributed by atoms with Gasteiger partial charge in [-0.1, -0.05) is 11.6 Å². The summed E-state index contributed by atoms with van der Waals surface area (Å²) < 4.78 is 21.1. The molecule has 0 atom stereocenters. The summed E-state index contributed by atoms with van der Waals surface area (Å²) >= 11 is 6.78. The maximum absolute atomic E-state index is 10.6. The Balaban J connectivity index is 2.43. The maximum atomic E-state index is 10.6. The van der Waals surface area contributed by atoms with Gasteiger partial charge >= 0.3 is 0 Å². The summed E-state index contributed by atoms with van der Waals surface area (Å²) in [6.45, 7) is 0. The molecule has 0 aliphatic carbocycles. The lowest BCUT2D eigenvalue weighted by Crippen LogP contribution is -2.00. The number of hydrogen-bond acceptors (Lipinski definition) is 5. The van der Waals surface area contributed by atoms with Gasteiger partial charge in [-0.2, -0.15) is 0 Å². The van der Waals surface area contributed by atoms with Crippen LogP contribution >= 0.6 is 34.0 Å². The van der Waals surface area contributed by atoms with E-state index in [1.165, 1.54) is 11.8 Å². The lowest BCUT2D eigenvalue weighted by molar-refractivity contribution is 0.611. The number of halogens is 2. The van der Waals surface area contributed by atoms with Gasteiger partial charge in [0.15, 0.2) is 5.15 Å². The Bertz CT molecular complexity index is 393. The average Bonchev–Trinajstić information content (AvgIpc) is 2.06. The van der Waals surface area contributed by atoms with Crippen LogP contribution < -0.4 is 0 Å². The second-order valence-corrected chi connectivity index (χ2v) is 6.68. The van der Waals surface area contributed by atoms with Crippen LogP contribution in [0.2, 0.25) is 5.15 Å². The van der Waals surface area contributed by atoms with Gasteiger partial charge < -0.3 is 0 Å². The van der Waals surface area contributed by atoms with Gasteiger partial charge in [-0.05, 0) is 12.1 Å². The highest BCUT2D eigenvalue weighted by Crippen LogP contribution is 2.16. The molecule has 0 fully saturated rings. The van der Waals surface area contributed by atoms with Crippen molar-refractivity contribution in [1.82, 2.24) is 10.2 Å². The Hall–Kier alpha value is -0.0400. The van der Waals surface area contributed by atoms with Crippen molar-refractivity contribution in [1.29, 1.82) is 0 Å². The molecule has 0 aliphatic rings. The fourth-order valence-corrected chi connectivity index (χ4v) is 2.90. The van der Waals surface area contributed by atoms with Crippen LogP contribution in [0.4, 0.5) is 0 Å². The van der Waals surface area contributed by atoms with E-state index in [0.29, 0.717) is 15.9 Å². The van der Waals surface area contributed by atoms with E-state index in [-0.39, 0.29) is 5.75 Å². The van der Waals surface area contributed by atoms with Crippen molar-refractivity contribution in [3.05, 3.63) is 17.3 Å². The van der Waals surface area contributed by atoms with Crippen molar-refractivity contribution < 1.29 is 8.42 Å². The van der Waals surface area contributed by atoms with Crippen LogP contribution in [0.5, 0.6) is 0 Å². The Morgan fingerprint density at radius 1 is 1.36 bits per heavy atom. The predicted molar refractivity (Wildman–Crippen MR) is 57.4 cm³/mol. The molecule has 0 aromatic carbocycles. The first-order valence-corrected chi connectivity index (χ1v) is 7.36. The fourth-order valence-electron chi connectivity index (χ4n) is 0.627. The molecule has 14 heavy (non-hydrogen) atoms. The summed E-state index contributed by atoms with van der Waals surface area (Å²) in [7, 11) is 1.60. The van der Waals surface area contributed by atoms with Crippen molar-refractivity contribution >= 4 is 43.1 Å². The molecule has 1 aromatic heterocycles. The van der Waals surface area contributed by atoms with Crippen LogP contribution in [-0.2, 0) is 9.05 Å². The Kier molecular flexibility index (Phi) is 4.43. The average molecular weight is 273 g/mol. The Morgan fingerprint density at radius 3 is 2.57 bits per heavy atom. The van der Waals surface area contributed by atoms with Crippen molar-refractivity contribution in [2.75, 3.05) is 11.5 Å². The van der Waals surface area contributed by atoms with Gasteiger partial charge in [-0.15, -0.1) is 22.0 Å². The minimum Gasteiger partial charge on any atom is -0.212 e. The molecule has 4 nitrogen and oxygen atoms in total. The van der Waals surface area contributed by atoms with Gasteiger partial charge in [0.1, 0.15) is 5.03 Å². The van der Waals surface area contributed by atoms with E-state index in [0.717, 1.165) is 0 Å². The molecule has 1 heterocycles. The second-order valence-electron chi connectivity index (χ2n) is 2.29.